The fourth-order valence-electron chi connectivity index (χ4n) is 2.46. The van der Waals surface area contributed by atoms with Gasteiger partial charge >= 0.3 is 11.8 Å². The molecule has 0 spiro atoms. The lowest BCUT2D eigenvalue weighted by Crippen LogP contribution is -2.38. The number of anilines is 1. The van der Waals surface area contributed by atoms with Gasteiger partial charge in [0.25, 0.3) is 5.91 Å². The Bertz CT molecular complexity index is 966. The van der Waals surface area contributed by atoms with E-state index in [4.69, 9.17) is 21.1 Å². The largest absolute Gasteiger partial charge is 0.490 e. The third-order valence-electron chi connectivity index (χ3n) is 3.86. The van der Waals surface area contributed by atoms with Crippen molar-refractivity contribution in [1.82, 2.24) is 10.7 Å². The van der Waals surface area contributed by atoms with Gasteiger partial charge in [0.15, 0.2) is 18.1 Å². The number of carbonyl (C=O) groups is 3. The topological polar surface area (TPSA) is 118 Å². The Morgan fingerprint density at radius 2 is 1.81 bits per heavy atom. The minimum absolute atomic E-state index is 0.192. The number of ether oxygens (including phenoxy) is 2. The second kappa shape index (κ2) is 13.0. The molecular formula is C22H25ClN4O5. The summed E-state index contributed by atoms with van der Waals surface area (Å²) in [6, 6.07) is 12.1. The molecule has 0 saturated carbocycles. The van der Waals surface area contributed by atoms with E-state index in [1.165, 1.54) is 12.3 Å². The smallest absolute Gasteiger partial charge is 0.329 e. The van der Waals surface area contributed by atoms with Gasteiger partial charge in [0.1, 0.15) is 0 Å². The number of para-hydroxylation sites is 1. The van der Waals surface area contributed by atoms with Crippen molar-refractivity contribution in [2.75, 3.05) is 25.1 Å². The van der Waals surface area contributed by atoms with E-state index in [1.54, 1.807) is 37.3 Å². The summed E-state index contributed by atoms with van der Waals surface area (Å²) in [5.41, 5.74) is 3.28. The summed E-state index contributed by atoms with van der Waals surface area (Å²) in [4.78, 5) is 35.3. The van der Waals surface area contributed by atoms with E-state index in [9.17, 15) is 14.4 Å². The zero-order chi connectivity index (χ0) is 23.3. The number of carbonyl (C=O) groups excluding carboxylic acids is 3. The van der Waals surface area contributed by atoms with Crippen LogP contribution in [0, 0.1) is 0 Å². The van der Waals surface area contributed by atoms with E-state index < -0.39 is 11.8 Å². The second-order valence-corrected chi connectivity index (χ2v) is 6.83. The number of amides is 3. The highest BCUT2D eigenvalue weighted by atomic mass is 35.5. The minimum Gasteiger partial charge on any atom is -0.490 e. The van der Waals surface area contributed by atoms with Crippen molar-refractivity contribution in [2.24, 2.45) is 5.10 Å². The molecule has 3 amide bonds. The summed E-state index contributed by atoms with van der Waals surface area (Å²) < 4.78 is 11.1. The van der Waals surface area contributed by atoms with Crippen LogP contribution >= 0.6 is 11.6 Å². The normalized spacial score (nSPS) is 10.5. The standard InChI is InChI=1S/C22H25ClN4O5/c1-3-10-24-21(29)22(30)27-25-13-15-11-17(23)20(18(12-15)31-4-2)32-14-19(28)26-16-8-6-5-7-9-16/h5-9,11-13H,3-4,10,14H2,1-2H3,(H,24,29)(H,26,28)(H,27,30)/b25-13-. The van der Waals surface area contributed by atoms with Crippen LogP contribution in [0.4, 0.5) is 5.69 Å². The van der Waals surface area contributed by atoms with Crippen LogP contribution in [0.15, 0.2) is 47.6 Å². The van der Waals surface area contributed by atoms with Gasteiger partial charge in [0, 0.05) is 12.2 Å². The van der Waals surface area contributed by atoms with Crippen LogP contribution in [0.3, 0.4) is 0 Å². The van der Waals surface area contributed by atoms with Crippen LogP contribution < -0.4 is 25.5 Å². The lowest BCUT2D eigenvalue weighted by atomic mass is 10.2. The van der Waals surface area contributed by atoms with Crippen molar-refractivity contribution < 1.29 is 23.9 Å². The Balaban J connectivity index is 2.03. The number of nitrogens with one attached hydrogen (secondary N) is 3. The Kier molecular flexibility index (Phi) is 9.99. The van der Waals surface area contributed by atoms with Gasteiger partial charge < -0.3 is 20.1 Å². The molecule has 0 aliphatic rings. The van der Waals surface area contributed by atoms with Gasteiger partial charge in [-0.2, -0.15) is 5.10 Å². The third-order valence-corrected chi connectivity index (χ3v) is 4.14. The zero-order valence-electron chi connectivity index (χ0n) is 17.8. The van der Waals surface area contributed by atoms with Crippen molar-refractivity contribution in [3.63, 3.8) is 0 Å². The summed E-state index contributed by atoms with van der Waals surface area (Å²) in [6.45, 7) is 4.12. The molecule has 0 saturated heterocycles. The van der Waals surface area contributed by atoms with E-state index in [0.29, 0.717) is 36.6 Å². The van der Waals surface area contributed by atoms with Crippen molar-refractivity contribution in [1.29, 1.82) is 0 Å². The Morgan fingerprint density at radius 1 is 1.06 bits per heavy atom. The van der Waals surface area contributed by atoms with Crippen LogP contribution in [-0.4, -0.2) is 43.7 Å². The molecule has 0 fully saturated rings. The van der Waals surface area contributed by atoms with Gasteiger partial charge in [-0.05, 0) is 43.2 Å². The quantitative estimate of drug-likeness (QED) is 0.286. The lowest BCUT2D eigenvalue weighted by Gasteiger charge is -2.14. The van der Waals surface area contributed by atoms with Crippen LogP contribution in [0.5, 0.6) is 11.5 Å². The first kappa shape index (κ1) is 24.7. The predicted molar refractivity (Wildman–Crippen MR) is 122 cm³/mol. The number of hydrazone groups is 1. The molecule has 2 rings (SSSR count). The summed E-state index contributed by atoms with van der Waals surface area (Å²) >= 11 is 6.31. The fraction of sp³-hybridized carbons (Fsp3) is 0.273. The number of benzene rings is 2. The zero-order valence-corrected chi connectivity index (χ0v) is 18.6. The summed E-state index contributed by atoms with van der Waals surface area (Å²) in [5.74, 6) is -1.49. The number of hydrogen-bond acceptors (Lipinski definition) is 6. The van der Waals surface area contributed by atoms with Gasteiger partial charge in [-0.1, -0.05) is 36.7 Å². The van der Waals surface area contributed by atoms with E-state index in [1.807, 2.05) is 13.0 Å². The van der Waals surface area contributed by atoms with Crippen LogP contribution in [0.25, 0.3) is 0 Å². The molecule has 0 aliphatic heterocycles. The monoisotopic (exact) mass is 460 g/mol. The molecule has 3 N–H and O–H groups in total. The average Bonchev–Trinajstić information content (AvgIpc) is 2.77. The van der Waals surface area contributed by atoms with Gasteiger partial charge in [-0.3, -0.25) is 14.4 Å². The summed E-state index contributed by atoms with van der Waals surface area (Å²) in [7, 11) is 0. The van der Waals surface area contributed by atoms with Gasteiger partial charge in [-0.15, -0.1) is 0 Å². The summed E-state index contributed by atoms with van der Waals surface area (Å²) in [6.07, 6.45) is 2.02. The molecule has 170 valence electrons. The number of rotatable bonds is 10. The SMILES string of the molecule is CCCNC(=O)C(=O)N/N=C\c1cc(Cl)c(OCC(=O)Nc2ccccc2)c(OCC)c1. The maximum Gasteiger partial charge on any atom is 0.329 e. The molecule has 0 radical (unpaired) electrons. The molecule has 0 aliphatic carbocycles. The number of nitrogens with zero attached hydrogens (tertiary/aromatic N) is 1. The maximum absolute atomic E-state index is 12.1. The first-order valence-corrected chi connectivity index (χ1v) is 10.4. The van der Waals surface area contributed by atoms with Crippen LogP contribution in [-0.2, 0) is 14.4 Å². The molecule has 2 aromatic rings. The van der Waals surface area contributed by atoms with E-state index in [0.717, 1.165) is 0 Å². The van der Waals surface area contributed by atoms with Crippen molar-refractivity contribution in [2.45, 2.75) is 20.3 Å². The second-order valence-electron chi connectivity index (χ2n) is 6.42. The average molecular weight is 461 g/mol. The Morgan fingerprint density at radius 3 is 2.50 bits per heavy atom. The van der Waals surface area contributed by atoms with Gasteiger partial charge in [0.05, 0.1) is 17.8 Å². The highest BCUT2D eigenvalue weighted by molar-refractivity contribution is 6.35. The third kappa shape index (κ3) is 7.92. The highest BCUT2D eigenvalue weighted by Gasteiger charge is 2.15. The van der Waals surface area contributed by atoms with Crippen LogP contribution in [0.2, 0.25) is 5.02 Å². The van der Waals surface area contributed by atoms with Gasteiger partial charge in [-0.25, -0.2) is 5.43 Å². The van der Waals surface area contributed by atoms with E-state index in [2.05, 4.69) is 21.2 Å². The van der Waals surface area contributed by atoms with E-state index >= 15 is 0 Å². The molecular weight excluding hydrogens is 436 g/mol. The molecule has 32 heavy (non-hydrogen) atoms. The number of halogens is 1. The van der Waals surface area contributed by atoms with Crippen molar-refractivity contribution >= 4 is 41.2 Å². The maximum atomic E-state index is 12.1. The molecule has 0 atom stereocenters. The molecule has 2 aromatic carbocycles. The highest BCUT2D eigenvalue weighted by Crippen LogP contribution is 2.36. The molecule has 10 heteroatoms. The number of hydrogen-bond donors (Lipinski definition) is 3. The Labute approximate surface area is 191 Å². The molecule has 0 unspecified atom stereocenters. The first-order chi connectivity index (χ1) is 15.4. The van der Waals surface area contributed by atoms with Crippen molar-refractivity contribution in [3.8, 4) is 11.5 Å². The van der Waals surface area contributed by atoms with Crippen molar-refractivity contribution in [3.05, 3.63) is 53.1 Å². The molecule has 0 bridgehead atoms. The molecule has 0 heterocycles. The van der Waals surface area contributed by atoms with E-state index in [-0.39, 0.29) is 23.3 Å². The Hall–Kier alpha value is -3.59. The lowest BCUT2D eigenvalue weighted by molar-refractivity contribution is -0.139. The minimum atomic E-state index is -0.879. The molecule has 0 aromatic heterocycles. The van der Waals surface area contributed by atoms with Gasteiger partial charge in [0.2, 0.25) is 0 Å². The summed E-state index contributed by atoms with van der Waals surface area (Å²) in [5, 5.41) is 9.11. The van der Waals surface area contributed by atoms with Crippen LogP contribution in [0.1, 0.15) is 25.8 Å². The molecule has 9 nitrogen and oxygen atoms in total. The fourth-order valence-corrected chi connectivity index (χ4v) is 2.73. The first-order valence-electron chi connectivity index (χ1n) is 9.99. The predicted octanol–water partition coefficient (Wildman–Crippen LogP) is 2.73.